The van der Waals surface area contributed by atoms with Gasteiger partial charge in [0.2, 0.25) is 5.91 Å². The highest BCUT2D eigenvalue weighted by Gasteiger charge is 2.16. The van der Waals surface area contributed by atoms with Gasteiger partial charge in [0.25, 0.3) is 0 Å². The Kier molecular flexibility index (Phi) is 5.70. The molecule has 5 nitrogen and oxygen atoms in total. The first kappa shape index (κ1) is 17.4. The van der Waals surface area contributed by atoms with Crippen molar-refractivity contribution in [1.82, 2.24) is 9.78 Å². The number of aryl methyl sites for hydroxylation is 1. The smallest absolute Gasteiger partial charge is 0.387 e. The highest BCUT2D eigenvalue weighted by Crippen LogP contribution is 2.23. The number of hydrogen-bond acceptors (Lipinski definition) is 3. The van der Waals surface area contributed by atoms with E-state index in [9.17, 15) is 13.6 Å². The monoisotopic (exact) mass is 387 g/mol. The summed E-state index contributed by atoms with van der Waals surface area (Å²) in [4.78, 5) is 12.2. The van der Waals surface area contributed by atoms with E-state index in [4.69, 9.17) is 0 Å². The van der Waals surface area contributed by atoms with Crippen molar-refractivity contribution in [1.29, 1.82) is 0 Å². The lowest BCUT2D eigenvalue weighted by Crippen LogP contribution is -2.25. The molecule has 0 fully saturated rings. The molecule has 23 heavy (non-hydrogen) atoms. The second-order valence-electron chi connectivity index (χ2n) is 5.13. The van der Waals surface area contributed by atoms with Gasteiger partial charge in [0.1, 0.15) is 5.75 Å². The molecule has 0 bridgehead atoms. The lowest BCUT2D eigenvalue weighted by Gasteiger charge is -2.14. The Labute approximate surface area is 140 Å². The topological polar surface area (TPSA) is 56.1 Å². The minimum Gasteiger partial charge on any atom is -0.435 e. The number of aromatic nitrogens is 2. The normalized spacial score (nSPS) is 12.3. The third kappa shape index (κ3) is 5.02. The number of halogens is 3. The van der Waals surface area contributed by atoms with Gasteiger partial charge in [-0.05, 0) is 46.6 Å². The van der Waals surface area contributed by atoms with Crippen molar-refractivity contribution < 1.29 is 18.3 Å². The summed E-state index contributed by atoms with van der Waals surface area (Å²) < 4.78 is 31.2. The van der Waals surface area contributed by atoms with Gasteiger partial charge in [-0.3, -0.25) is 9.48 Å². The fourth-order valence-electron chi connectivity index (χ4n) is 2.01. The zero-order valence-electron chi connectivity index (χ0n) is 12.6. The molecule has 1 amide bonds. The van der Waals surface area contributed by atoms with E-state index in [1.54, 1.807) is 37.0 Å². The Balaban J connectivity index is 1.99. The number of amides is 1. The van der Waals surface area contributed by atoms with Crippen LogP contribution in [-0.4, -0.2) is 22.3 Å². The molecule has 124 valence electrons. The summed E-state index contributed by atoms with van der Waals surface area (Å²) in [6.07, 6.45) is 3.43. The molecule has 1 aromatic heterocycles. The van der Waals surface area contributed by atoms with Crippen LogP contribution in [0.4, 0.5) is 14.5 Å². The molecule has 0 aliphatic carbocycles. The number of alkyl halides is 2. The van der Waals surface area contributed by atoms with E-state index in [1.807, 2.05) is 0 Å². The van der Waals surface area contributed by atoms with Crippen LogP contribution >= 0.6 is 15.9 Å². The predicted molar refractivity (Wildman–Crippen MR) is 85.5 cm³/mol. The van der Waals surface area contributed by atoms with Crippen LogP contribution in [0.25, 0.3) is 0 Å². The first-order chi connectivity index (χ1) is 10.8. The minimum atomic E-state index is -2.87. The van der Waals surface area contributed by atoms with Gasteiger partial charge < -0.3 is 10.1 Å². The lowest BCUT2D eigenvalue weighted by atomic mass is 10.1. The van der Waals surface area contributed by atoms with Gasteiger partial charge in [-0.2, -0.15) is 13.9 Å². The summed E-state index contributed by atoms with van der Waals surface area (Å²) in [6, 6.07) is 4.39. The number of nitrogens with one attached hydrogen (secondary N) is 1. The Morgan fingerprint density at radius 1 is 1.48 bits per heavy atom. The molecule has 0 radical (unpaired) electrons. The number of rotatable bonds is 6. The second-order valence-corrected chi connectivity index (χ2v) is 6.04. The number of anilines is 1. The van der Waals surface area contributed by atoms with Crippen LogP contribution in [-0.2, 0) is 11.3 Å². The quantitative estimate of drug-likeness (QED) is 0.819. The summed E-state index contributed by atoms with van der Waals surface area (Å²) >= 11 is 3.30. The standard InChI is InChI=1S/C15H16BrF2N3O2/c1-9-5-12(23-15(17)18)3-4-13(9)20-14(22)10(2)7-21-8-11(16)6-19-21/h3-6,8,10,15H,7H2,1-2H3,(H,20,22). The Hall–Kier alpha value is -1.96. The molecule has 1 N–H and O–H groups in total. The summed E-state index contributed by atoms with van der Waals surface area (Å²) in [5, 5.41) is 6.89. The largest absolute Gasteiger partial charge is 0.435 e. The van der Waals surface area contributed by atoms with E-state index in [2.05, 4.69) is 31.1 Å². The third-order valence-electron chi connectivity index (χ3n) is 3.19. The minimum absolute atomic E-state index is 0.0601. The molecule has 1 unspecified atom stereocenters. The first-order valence-electron chi connectivity index (χ1n) is 6.89. The maximum Gasteiger partial charge on any atom is 0.387 e. The Morgan fingerprint density at radius 3 is 2.78 bits per heavy atom. The molecule has 0 saturated heterocycles. The van der Waals surface area contributed by atoms with Gasteiger partial charge in [-0.1, -0.05) is 6.92 Å². The molecule has 0 aliphatic rings. The van der Waals surface area contributed by atoms with Gasteiger partial charge in [0.15, 0.2) is 0 Å². The van der Waals surface area contributed by atoms with E-state index in [1.165, 1.54) is 12.1 Å². The average Bonchev–Trinajstić information content (AvgIpc) is 2.86. The van der Waals surface area contributed by atoms with Crippen molar-refractivity contribution >= 4 is 27.5 Å². The molecule has 0 spiro atoms. The Bertz CT molecular complexity index is 691. The maximum atomic E-state index is 12.2. The first-order valence-corrected chi connectivity index (χ1v) is 7.68. The van der Waals surface area contributed by atoms with E-state index in [-0.39, 0.29) is 17.6 Å². The molecule has 1 atom stereocenters. The van der Waals surface area contributed by atoms with Crippen LogP contribution in [0.3, 0.4) is 0 Å². The van der Waals surface area contributed by atoms with Gasteiger partial charge in [-0.25, -0.2) is 0 Å². The zero-order chi connectivity index (χ0) is 17.0. The lowest BCUT2D eigenvalue weighted by molar-refractivity contribution is -0.119. The molecule has 0 aliphatic heterocycles. The van der Waals surface area contributed by atoms with Crippen molar-refractivity contribution in [3.8, 4) is 5.75 Å². The van der Waals surface area contributed by atoms with Crippen molar-refractivity contribution in [2.45, 2.75) is 27.0 Å². The van der Waals surface area contributed by atoms with Crippen LogP contribution < -0.4 is 10.1 Å². The van der Waals surface area contributed by atoms with E-state index in [0.717, 1.165) is 4.47 Å². The predicted octanol–water partition coefficient (Wildman–Crippen LogP) is 3.83. The fraction of sp³-hybridized carbons (Fsp3) is 0.333. The summed E-state index contributed by atoms with van der Waals surface area (Å²) in [7, 11) is 0. The molecule has 8 heteroatoms. The molecule has 0 saturated carbocycles. The fourth-order valence-corrected chi connectivity index (χ4v) is 2.34. The van der Waals surface area contributed by atoms with Gasteiger partial charge in [0.05, 0.1) is 23.1 Å². The molecule has 1 aromatic carbocycles. The van der Waals surface area contributed by atoms with Crippen LogP contribution in [0, 0.1) is 12.8 Å². The second kappa shape index (κ2) is 7.54. The number of benzene rings is 1. The average molecular weight is 388 g/mol. The van der Waals surface area contributed by atoms with E-state index >= 15 is 0 Å². The highest BCUT2D eigenvalue weighted by atomic mass is 79.9. The van der Waals surface area contributed by atoms with Crippen LogP contribution in [0.5, 0.6) is 5.75 Å². The van der Waals surface area contributed by atoms with Crippen molar-refractivity contribution in [3.63, 3.8) is 0 Å². The highest BCUT2D eigenvalue weighted by molar-refractivity contribution is 9.10. The summed E-state index contributed by atoms with van der Waals surface area (Å²) in [5.41, 5.74) is 1.20. The molecular formula is C15H16BrF2N3O2. The number of carbonyl (C=O) groups is 1. The van der Waals surface area contributed by atoms with E-state index < -0.39 is 6.61 Å². The molecule has 2 rings (SSSR count). The zero-order valence-corrected chi connectivity index (χ0v) is 14.2. The Morgan fingerprint density at radius 2 is 2.22 bits per heavy atom. The third-order valence-corrected chi connectivity index (χ3v) is 3.60. The summed E-state index contributed by atoms with van der Waals surface area (Å²) in [6.45, 7) is 1.06. The van der Waals surface area contributed by atoms with Crippen LogP contribution in [0.15, 0.2) is 35.1 Å². The number of nitrogens with zero attached hydrogens (tertiary/aromatic N) is 2. The van der Waals surface area contributed by atoms with Crippen LogP contribution in [0.1, 0.15) is 12.5 Å². The van der Waals surface area contributed by atoms with Crippen LogP contribution in [0.2, 0.25) is 0 Å². The molecule has 1 heterocycles. The number of hydrogen-bond donors (Lipinski definition) is 1. The van der Waals surface area contributed by atoms with Crippen molar-refractivity contribution in [2.75, 3.05) is 5.32 Å². The molecular weight excluding hydrogens is 372 g/mol. The summed E-state index contributed by atoms with van der Waals surface area (Å²) in [5.74, 6) is -0.426. The molecule has 2 aromatic rings. The van der Waals surface area contributed by atoms with Crippen molar-refractivity contribution in [3.05, 3.63) is 40.6 Å². The SMILES string of the molecule is Cc1cc(OC(F)F)ccc1NC(=O)C(C)Cn1cc(Br)cn1. The van der Waals surface area contributed by atoms with Gasteiger partial charge >= 0.3 is 6.61 Å². The van der Waals surface area contributed by atoms with Gasteiger partial charge in [-0.15, -0.1) is 0 Å². The van der Waals surface area contributed by atoms with E-state index in [0.29, 0.717) is 17.8 Å². The number of ether oxygens (including phenoxy) is 1. The van der Waals surface area contributed by atoms with Gasteiger partial charge in [0, 0.05) is 11.9 Å². The maximum absolute atomic E-state index is 12.2. The number of carbonyl (C=O) groups excluding carboxylic acids is 1. The van der Waals surface area contributed by atoms with Crippen molar-refractivity contribution in [2.24, 2.45) is 5.92 Å².